The minimum absolute atomic E-state index is 0.0376. The zero-order valence-electron chi connectivity index (χ0n) is 11.5. The summed E-state index contributed by atoms with van der Waals surface area (Å²) in [4.78, 5) is 22.7. The van der Waals surface area contributed by atoms with Gasteiger partial charge < -0.3 is 15.2 Å². The quantitative estimate of drug-likeness (QED) is 0.885. The van der Waals surface area contributed by atoms with Gasteiger partial charge in [0.2, 0.25) is 0 Å². The number of rotatable bonds is 5. The average molecular weight is 285 g/mol. The number of methoxy groups -OCH3 is 1. The van der Waals surface area contributed by atoms with Gasteiger partial charge in [0, 0.05) is 11.3 Å². The van der Waals surface area contributed by atoms with Gasteiger partial charge in [-0.2, -0.15) is 0 Å². The van der Waals surface area contributed by atoms with Crippen LogP contribution in [0.15, 0.2) is 48.5 Å². The maximum absolute atomic E-state index is 12.1. The van der Waals surface area contributed by atoms with Gasteiger partial charge in [-0.1, -0.05) is 18.2 Å². The van der Waals surface area contributed by atoms with Crippen molar-refractivity contribution in [3.05, 3.63) is 59.7 Å². The van der Waals surface area contributed by atoms with Crippen LogP contribution < -0.4 is 10.1 Å². The predicted molar refractivity (Wildman–Crippen MR) is 78.7 cm³/mol. The maximum Gasteiger partial charge on any atom is 0.307 e. The number of carbonyl (C=O) groups is 2. The van der Waals surface area contributed by atoms with Gasteiger partial charge in [-0.15, -0.1) is 0 Å². The van der Waals surface area contributed by atoms with Crippen LogP contribution in [0.1, 0.15) is 15.9 Å². The van der Waals surface area contributed by atoms with Crippen molar-refractivity contribution in [3.63, 3.8) is 0 Å². The Morgan fingerprint density at radius 1 is 1.14 bits per heavy atom. The SMILES string of the molecule is COc1cccc(C(=O)Nc2ccc(CC(=O)O)cc2)c1. The van der Waals surface area contributed by atoms with Gasteiger partial charge in [0.05, 0.1) is 13.5 Å². The largest absolute Gasteiger partial charge is 0.497 e. The molecule has 0 fully saturated rings. The summed E-state index contributed by atoms with van der Waals surface area (Å²) in [5.41, 5.74) is 1.78. The molecule has 0 saturated carbocycles. The first-order chi connectivity index (χ1) is 10.1. The van der Waals surface area contributed by atoms with Crippen LogP contribution in [-0.2, 0) is 11.2 Å². The Morgan fingerprint density at radius 2 is 1.86 bits per heavy atom. The molecule has 0 atom stereocenters. The molecule has 0 aliphatic rings. The lowest BCUT2D eigenvalue weighted by Gasteiger charge is -2.07. The summed E-state index contributed by atoms with van der Waals surface area (Å²) in [6.45, 7) is 0. The molecule has 2 rings (SSSR count). The molecule has 5 nitrogen and oxygen atoms in total. The molecule has 108 valence electrons. The number of benzene rings is 2. The molecular weight excluding hydrogens is 270 g/mol. The van der Waals surface area contributed by atoms with Crippen molar-refractivity contribution in [1.82, 2.24) is 0 Å². The van der Waals surface area contributed by atoms with Gasteiger partial charge in [0.15, 0.2) is 0 Å². The number of anilines is 1. The fraction of sp³-hybridized carbons (Fsp3) is 0.125. The van der Waals surface area contributed by atoms with Crippen LogP contribution in [0.4, 0.5) is 5.69 Å². The number of amides is 1. The fourth-order valence-electron chi connectivity index (χ4n) is 1.85. The summed E-state index contributed by atoms with van der Waals surface area (Å²) >= 11 is 0. The normalized spacial score (nSPS) is 9.95. The lowest BCUT2D eigenvalue weighted by molar-refractivity contribution is -0.136. The van der Waals surface area contributed by atoms with Gasteiger partial charge in [-0.25, -0.2) is 0 Å². The van der Waals surface area contributed by atoms with Gasteiger partial charge in [-0.3, -0.25) is 9.59 Å². The number of carbonyl (C=O) groups excluding carboxylic acids is 1. The first kappa shape index (κ1) is 14.6. The second-order valence-electron chi connectivity index (χ2n) is 4.45. The molecule has 5 heteroatoms. The van der Waals surface area contributed by atoms with E-state index in [1.807, 2.05) is 0 Å². The van der Waals surface area contributed by atoms with E-state index in [9.17, 15) is 9.59 Å². The van der Waals surface area contributed by atoms with E-state index in [4.69, 9.17) is 9.84 Å². The van der Waals surface area contributed by atoms with Crippen LogP contribution in [0.2, 0.25) is 0 Å². The third-order valence-electron chi connectivity index (χ3n) is 2.90. The number of nitrogens with one attached hydrogen (secondary N) is 1. The summed E-state index contributed by atoms with van der Waals surface area (Å²) in [7, 11) is 1.54. The minimum Gasteiger partial charge on any atom is -0.497 e. The van der Waals surface area contributed by atoms with Crippen molar-refractivity contribution in [2.75, 3.05) is 12.4 Å². The third kappa shape index (κ3) is 4.07. The maximum atomic E-state index is 12.1. The summed E-state index contributed by atoms with van der Waals surface area (Å²) in [6, 6.07) is 13.5. The highest BCUT2D eigenvalue weighted by Crippen LogP contribution is 2.15. The van der Waals surface area contributed by atoms with Gasteiger partial charge >= 0.3 is 5.97 Å². The highest BCUT2D eigenvalue weighted by molar-refractivity contribution is 6.04. The summed E-state index contributed by atoms with van der Waals surface area (Å²) in [5.74, 6) is -0.525. The van der Waals surface area contributed by atoms with Crippen molar-refractivity contribution in [3.8, 4) is 5.75 Å². The monoisotopic (exact) mass is 285 g/mol. The van der Waals surface area contributed by atoms with Gasteiger partial charge in [0.1, 0.15) is 5.75 Å². The van der Waals surface area contributed by atoms with Crippen LogP contribution in [0.3, 0.4) is 0 Å². The van der Waals surface area contributed by atoms with Gasteiger partial charge in [-0.05, 0) is 35.9 Å². The lowest BCUT2D eigenvalue weighted by atomic mass is 10.1. The molecule has 0 saturated heterocycles. The molecule has 0 aliphatic carbocycles. The summed E-state index contributed by atoms with van der Waals surface area (Å²) < 4.78 is 5.07. The third-order valence-corrected chi connectivity index (χ3v) is 2.90. The minimum atomic E-state index is -0.886. The van der Waals surface area contributed by atoms with Gasteiger partial charge in [0.25, 0.3) is 5.91 Å². The lowest BCUT2D eigenvalue weighted by Crippen LogP contribution is -2.12. The van der Waals surface area contributed by atoms with Crippen LogP contribution in [0.25, 0.3) is 0 Å². The number of hydrogen-bond donors (Lipinski definition) is 2. The summed E-state index contributed by atoms with van der Waals surface area (Å²) in [5, 5.41) is 11.4. The standard InChI is InChI=1S/C16H15NO4/c1-21-14-4-2-3-12(10-14)16(20)17-13-7-5-11(6-8-13)9-15(18)19/h2-8,10H,9H2,1H3,(H,17,20)(H,18,19). The number of carboxylic acids is 1. The van der Waals surface area contributed by atoms with Crippen molar-refractivity contribution in [2.24, 2.45) is 0 Å². The average Bonchev–Trinajstić information content (AvgIpc) is 2.49. The summed E-state index contributed by atoms with van der Waals surface area (Å²) in [6.07, 6.45) is -0.0376. The highest BCUT2D eigenvalue weighted by atomic mass is 16.5. The Hall–Kier alpha value is -2.82. The molecule has 0 bridgehead atoms. The zero-order valence-corrected chi connectivity index (χ0v) is 11.5. The Morgan fingerprint density at radius 3 is 2.48 bits per heavy atom. The predicted octanol–water partition coefficient (Wildman–Crippen LogP) is 2.57. The zero-order chi connectivity index (χ0) is 15.2. The highest BCUT2D eigenvalue weighted by Gasteiger charge is 2.07. The first-order valence-electron chi connectivity index (χ1n) is 6.34. The molecule has 0 aromatic heterocycles. The second-order valence-corrected chi connectivity index (χ2v) is 4.45. The number of aliphatic carboxylic acids is 1. The van der Waals surface area contributed by atoms with Crippen molar-refractivity contribution >= 4 is 17.6 Å². The second kappa shape index (κ2) is 6.56. The molecule has 0 unspecified atom stereocenters. The molecule has 0 aliphatic heterocycles. The first-order valence-corrected chi connectivity index (χ1v) is 6.34. The van der Waals surface area contributed by atoms with E-state index in [0.717, 1.165) is 0 Å². The Balaban J connectivity index is 2.06. The number of carboxylic acid groups (broad SMARTS) is 1. The number of ether oxygens (including phenoxy) is 1. The molecule has 0 heterocycles. The van der Waals surface area contributed by atoms with E-state index in [-0.39, 0.29) is 12.3 Å². The Bertz CT molecular complexity index is 650. The van der Waals surface area contributed by atoms with Crippen LogP contribution >= 0.6 is 0 Å². The molecule has 2 aromatic carbocycles. The van der Waals surface area contributed by atoms with Crippen LogP contribution in [-0.4, -0.2) is 24.1 Å². The van der Waals surface area contributed by atoms with E-state index < -0.39 is 5.97 Å². The molecule has 0 radical (unpaired) electrons. The topological polar surface area (TPSA) is 75.6 Å². The van der Waals surface area contributed by atoms with Crippen molar-refractivity contribution < 1.29 is 19.4 Å². The van der Waals surface area contributed by atoms with E-state index in [1.165, 1.54) is 7.11 Å². The fourth-order valence-corrected chi connectivity index (χ4v) is 1.85. The molecule has 21 heavy (non-hydrogen) atoms. The van der Waals surface area contributed by atoms with E-state index in [2.05, 4.69) is 5.32 Å². The number of hydrogen-bond acceptors (Lipinski definition) is 3. The molecule has 2 N–H and O–H groups in total. The smallest absolute Gasteiger partial charge is 0.307 e. The van der Waals surface area contributed by atoms with E-state index in [1.54, 1.807) is 48.5 Å². The Labute approximate surface area is 122 Å². The Kier molecular flexibility index (Phi) is 4.56. The van der Waals surface area contributed by atoms with E-state index >= 15 is 0 Å². The van der Waals surface area contributed by atoms with Crippen molar-refractivity contribution in [2.45, 2.75) is 6.42 Å². The van der Waals surface area contributed by atoms with Crippen LogP contribution in [0.5, 0.6) is 5.75 Å². The van der Waals surface area contributed by atoms with Crippen molar-refractivity contribution in [1.29, 1.82) is 0 Å². The van der Waals surface area contributed by atoms with Crippen LogP contribution in [0, 0.1) is 0 Å². The van der Waals surface area contributed by atoms with E-state index in [0.29, 0.717) is 22.6 Å². The molecule has 2 aromatic rings. The molecule has 1 amide bonds. The molecule has 0 spiro atoms. The molecular formula is C16H15NO4.